The number of hydrogen-bond donors (Lipinski definition) is 3. The number of H-pyrrole nitrogens is 1. The van der Waals surface area contributed by atoms with E-state index in [0.717, 1.165) is 18.4 Å². The van der Waals surface area contributed by atoms with E-state index < -0.39 is 17.4 Å². The number of anilines is 2. The minimum atomic E-state index is -0.964. The number of nitriles is 1. The number of nitrogens with one attached hydrogen (secondary N) is 1. The number of hydrogen-bond acceptors (Lipinski definition) is 7. The molecule has 1 heterocycles. The highest BCUT2D eigenvalue weighted by Crippen LogP contribution is 2.21. The summed E-state index contributed by atoms with van der Waals surface area (Å²) >= 11 is 0. The lowest BCUT2D eigenvalue weighted by Crippen LogP contribution is -2.42. The van der Waals surface area contributed by atoms with E-state index in [2.05, 4.69) is 4.98 Å². The molecule has 2 aromatic carbocycles. The zero-order valence-corrected chi connectivity index (χ0v) is 19.1. The van der Waals surface area contributed by atoms with Crippen LogP contribution in [-0.4, -0.2) is 33.9 Å². The Labute approximate surface area is 197 Å². The van der Waals surface area contributed by atoms with Crippen LogP contribution in [0.25, 0.3) is 0 Å². The monoisotopic (exact) mass is 463 g/mol. The standard InChI is InChI=1S/C25H29N5O4/c1-2-3-13-30-23(27)22(24(32)28-25(30)33)29(15-19-7-5-4-6-8-19)16-20(31)17-34-21-11-9-18(14-26)10-12-21/h4-12,20,31H,2-3,13,15-17,27H2,1H3,(H,28,32,33). The Hall–Kier alpha value is -4.03. The number of nitrogens with zero attached hydrogens (tertiary/aromatic N) is 3. The first-order valence-electron chi connectivity index (χ1n) is 11.2. The summed E-state index contributed by atoms with van der Waals surface area (Å²) in [5.41, 5.74) is 6.71. The molecular weight excluding hydrogens is 434 g/mol. The van der Waals surface area contributed by atoms with Crippen LogP contribution in [0.5, 0.6) is 5.75 Å². The summed E-state index contributed by atoms with van der Waals surface area (Å²) in [4.78, 5) is 29.2. The summed E-state index contributed by atoms with van der Waals surface area (Å²) in [5.74, 6) is 0.580. The van der Waals surface area contributed by atoms with Crippen LogP contribution in [0.1, 0.15) is 30.9 Å². The molecule has 34 heavy (non-hydrogen) atoms. The van der Waals surface area contributed by atoms with Gasteiger partial charge < -0.3 is 20.5 Å². The topological polar surface area (TPSA) is 137 Å². The van der Waals surface area contributed by atoms with Gasteiger partial charge in [0.15, 0.2) is 0 Å². The van der Waals surface area contributed by atoms with Crippen molar-refractivity contribution in [2.75, 3.05) is 23.8 Å². The van der Waals surface area contributed by atoms with E-state index in [1.807, 2.05) is 43.3 Å². The smallest absolute Gasteiger partial charge is 0.330 e. The molecule has 1 atom stereocenters. The number of benzene rings is 2. The van der Waals surface area contributed by atoms with Gasteiger partial charge in [-0.15, -0.1) is 0 Å². The molecular formula is C25H29N5O4. The lowest BCUT2D eigenvalue weighted by Gasteiger charge is -2.28. The second kappa shape index (κ2) is 11.7. The highest BCUT2D eigenvalue weighted by molar-refractivity contribution is 5.62. The first-order chi connectivity index (χ1) is 16.4. The maximum Gasteiger partial charge on any atom is 0.330 e. The van der Waals surface area contributed by atoms with Gasteiger partial charge in [0.05, 0.1) is 11.6 Å². The van der Waals surface area contributed by atoms with Crippen LogP contribution in [0.2, 0.25) is 0 Å². The van der Waals surface area contributed by atoms with E-state index in [1.165, 1.54) is 4.57 Å². The van der Waals surface area contributed by atoms with Gasteiger partial charge in [0, 0.05) is 19.6 Å². The molecule has 0 fully saturated rings. The van der Waals surface area contributed by atoms with E-state index in [0.29, 0.717) is 24.4 Å². The van der Waals surface area contributed by atoms with Crippen molar-refractivity contribution in [3.8, 4) is 11.8 Å². The van der Waals surface area contributed by atoms with Crippen molar-refractivity contribution in [1.82, 2.24) is 9.55 Å². The zero-order chi connectivity index (χ0) is 24.5. The Balaban J connectivity index is 1.86. The molecule has 4 N–H and O–H groups in total. The summed E-state index contributed by atoms with van der Waals surface area (Å²) < 4.78 is 7.01. The zero-order valence-electron chi connectivity index (χ0n) is 19.1. The molecule has 0 spiro atoms. The van der Waals surface area contributed by atoms with Gasteiger partial charge in [0.25, 0.3) is 5.56 Å². The molecule has 0 aliphatic carbocycles. The normalized spacial score (nSPS) is 11.6. The molecule has 0 aliphatic heterocycles. The summed E-state index contributed by atoms with van der Waals surface area (Å²) in [7, 11) is 0. The summed E-state index contributed by atoms with van der Waals surface area (Å²) in [6.45, 7) is 2.69. The number of aromatic nitrogens is 2. The van der Waals surface area contributed by atoms with Gasteiger partial charge in [-0.3, -0.25) is 14.3 Å². The molecule has 1 unspecified atom stereocenters. The Morgan fingerprint density at radius 2 is 1.88 bits per heavy atom. The molecule has 3 rings (SSSR count). The molecule has 9 heteroatoms. The average Bonchev–Trinajstić information content (AvgIpc) is 2.83. The lowest BCUT2D eigenvalue weighted by molar-refractivity contribution is 0.112. The third-order valence-electron chi connectivity index (χ3n) is 5.34. The second-order valence-corrected chi connectivity index (χ2v) is 7.97. The van der Waals surface area contributed by atoms with Crippen LogP contribution in [0.3, 0.4) is 0 Å². The number of nitrogen functional groups attached to an aromatic ring is 1. The number of nitrogens with two attached hydrogens (primary N) is 1. The van der Waals surface area contributed by atoms with Crippen LogP contribution >= 0.6 is 0 Å². The van der Waals surface area contributed by atoms with Crippen molar-refractivity contribution in [1.29, 1.82) is 5.26 Å². The van der Waals surface area contributed by atoms with Gasteiger partial charge in [0.1, 0.15) is 30.0 Å². The Bertz CT molecular complexity index is 1230. The molecule has 9 nitrogen and oxygen atoms in total. The number of ether oxygens (including phenoxy) is 1. The average molecular weight is 464 g/mol. The highest BCUT2D eigenvalue weighted by atomic mass is 16.5. The van der Waals surface area contributed by atoms with Gasteiger partial charge in [-0.2, -0.15) is 5.26 Å². The van der Waals surface area contributed by atoms with E-state index >= 15 is 0 Å². The third kappa shape index (κ3) is 6.27. The van der Waals surface area contributed by atoms with Crippen LogP contribution in [0, 0.1) is 11.3 Å². The first-order valence-corrected chi connectivity index (χ1v) is 11.2. The minimum absolute atomic E-state index is 0.0372. The largest absolute Gasteiger partial charge is 0.491 e. The predicted molar refractivity (Wildman–Crippen MR) is 131 cm³/mol. The van der Waals surface area contributed by atoms with E-state index in [9.17, 15) is 14.7 Å². The second-order valence-electron chi connectivity index (χ2n) is 7.97. The molecule has 0 amide bonds. The summed E-state index contributed by atoms with van der Waals surface area (Å²) in [6.07, 6.45) is 0.628. The lowest BCUT2D eigenvalue weighted by atomic mass is 10.2. The van der Waals surface area contributed by atoms with Crippen molar-refractivity contribution in [2.24, 2.45) is 0 Å². The van der Waals surface area contributed by atoms with Gasteiger partial charge >= 0.3 is 5.69 Å². The number of rotatable bonds is 11. The molecule has 3 aromatic rings. The Morgan fingerprint density at radius 1 is 1.18 bits per heavy atom. The molecule has 178 valence electrons. The van der Waals surface area contributed by atoms with Crippen molar-refractivity contribution >= 4 is 11.5 Å². The van der Waals surface area contributed by atoms with Gasteiger partial charge in [-0.05, 0) is 36.2 Å². The molecule has 0 saturated heterocycles. The van der Waals surface area contributed by atoms with Crippen LogP contribution in [0.15, 0.2) is 64.2 Å². The quantitative estimate of drug-likeness (QED) is 0.396. The van der Waals surface area contributed by atoms with Crippen molar-refractivity contribution < 1.29 is 9.84 Å². The van der Waals surface area contributed by atoms with Crippen LogP contribution in [-0.2, 0) is 13.1 Å². The fourth-order valence-corrected chi connectivity index (χ4v) is 3.59. The van der Waals surface area contributed by atoms with Gasteiger partial charge in [-0.25, -0.2) is 4.79 Å². The molecule has 0 saturated carbocycles. The van der Waals surface area contributed by atoms with Crippen LogP contribution < -0.4 is 26.6 Å². The number of aliphatic hydroxyl groups is 1. The number of unbranched alkanes of at least 4 members (excludes halogenated alkanes) is 1. The number of aliphatic hydroxyl groups excluding tert-OH is 1. The van der Waals surface area contributed by atoms with Crippen LogP contribution in [0.4, 0.5) is 11.5 Å². The molecule has 0 aliphatic rings. The number of aromatic amines is 1. The highest BCUT2D eigenvalue weighted by Gasteiger charge is 2.22. The fourth-order valence-electron chi connectivity index (χ4n) is 3.59. The Kier molecular flexibility index (Phi) is 8.48. The maximum absolute atomic E-state index is 12.8. The molecule has 0 bridgehead atoms. The van der Waals surface area contributed by atoms with Gasteiger partial charge in [0.2, 0.25) is 0 Å². The van der Waals surface area contributed by atoms with Crippen molar-refractivity contribution in [3.63, 3.8) is 0 Å². The van der Waals surface area contributed by atoms with Crippen molar-refractivity contribution in [3.05, 3.63) is 86.6 Å². The summed E-state index contributed by atoms with van der Waals surface area (Å²) in [6, 6.07) is 18.1. The molecule has 1 aromatic heterocycles. The fraction of sp³-hybridized carbons (Fsp3) is 0.320. The minimum Gasteiger partial charge on any atom is -0.491 e. The van der Waals surface area contributed by atoms with E-state index in [1.54, 1.807) is 29.2 Å². The predicted octanol–water partition coefficient (Wildman–Crippen LogP) is 2.24. The maximum atomic E-state index is 12.8. The van der Waals surface area contributed by atoms with E-state index in [4.69, 9.17) is 15.7 Å². The first kappa shape index (κ1) is 24.6. The van der Waals surface area contributed by atoms with E-state index in [-0.39, 0.29) is 24.7 Å². The molecule has 0 radical (unpaired) electrons. The SMILES string of the molecule is CCCCn1c(N)c(N(Cc2ccccc2)CC(O)COc2ccc(C#N)cc2)c(=O)[nH]c1=O. The van der Waals surface area contributed by atoms with Crippen molar-refractivity contribution in [2.45, 2.75) is 39.0 Å². The summed E-state index contributed by atoms with van der Waals surface area (Å²) in [5, 5.41) is 19.6. The van der Waals surface area contributed by atoms with Gasteiger partial charge in [-0.1, -0.05) is 43.7 Å². The third-order valence-corrected chi connectivity index (χ3v) is 5.34. The Morgan fingerprint density at radius 3 is 2.53 bits per heavy atom.